The molecule has 1 aromatic carbocycles. The molecule has 2 aromatic rings. The summed E-state index contributed by atoms with van der Waals surface area (Å²) in [5.41, 5.74) is 0.998. The summed E-state index contributed by atoms with van der Waals surface area (Å²) in [6.07, 6.45) is 13.3. The van der Waals surface area contributed by atoms with Gasteiger partial charge in [-0.3, -0.25) is 19.4 Å². The lowest BCUT2D eigenvalue weighted by atomic mass is 9.82. The number of carbonyl (C=O) groups excluding carboxylic acids is 1. The van der Waals surface area contributed by atoms with Gasteiger partial charge in [-0.05, 0) is 50.1 Å². The van der Waals surface area contributed by atoms with Gasteiger partial charge in [0.2, 0.25) is 0 Å². The highest BCUT2D eigenvalue weighted by molar-refractivity contribution is 5.96. The van der Waals surface area contributed by atoms with Crippen molar-refractivity contribution in [3.05, 3.63) is 65.4 Å². The number of likely N-dealkylation sites (tertiary alicyclic amines) is 1. The SMILES string of the molecule is N#CCC1(n2cc(C3N=CN=C4NC=CC43)cn2)CN(C2CC3CCC(C2)N3C(=O)c2cc(F)cc(C#N)c2)C1. The number of rotatable bonds is 5. The highest BCUT2D eigenvalue weighted by atomic mass is 19.1. The Kier molecular flexibility index (Phi) is 5.79. The fourth-order valence-electron chi connectivity index (χ4n) is 7.26. The minimum absolute atomic E-state index is 0.0645. The van der Waals surface area contributed by atoms with Crippen LogP contribution in [0.25, 0.3) is 0 Å². The monoisotopic (exact) mass is 537 g/mol. The second-order valence-electron chi connectivity index (χ2n) is 11.5. The minimum Gasteiger partial charge on any atom is -0.350 e. The maximum Gasteiger partial charge on any atom is 0.254 e. The fourth-order valence-corrected chi connectivity index (χ4v) is 7.26. The number of carbonyl (C=O) groups is 1. The number of halogens is 1. The van der Waals surface area contributed by atoms with Gasteiger partial charge in [0.05, 0.1) is 42.3 Å². The average Bonchev–Trinajstić information content (AvgIpc) is 3.67. The van der Waals surface area contributed by atoms with Crippen LogP contribution < -0.4 is 5.32 Å². The van der Waals surface area contributed by atoms with Crippen LogP contribution in [0.1, 0.15) is 59.6 Å². The first kappa shape index (κ1) is 24.7. The van der Waals surface area contributed by atoms with Crippen LogP contribution in [0.5, 0.6) is 0 Å². The van der Waals surface area contributed by atoms with Gasteiger partial charge >= 0.3 is 0 Å². The maximum atomic E-state index is 14.0. The quantitative estimate of drug-likeness (QED) is 0.625. The van der Waals surface area contributed by atoms with E-state index < -0.39 is 11.4 Å². The van der Waals surface area contributed by atoms with Gasteiger partial charge in [0.1, 0.15) is 23.5 Å². The molecule has 3 fully saturated rings. The van der Waals surface area contributed by atoms with Crippen molar-refractivity contribution < 1.29 is 9.18 Å². The molecule has 202 valence electrons. The van der Waals surface area contributed by atoms with Gasteiger partial charge in [-0.2, -0.15) is 15.6 Å². The summed E-state index contributed by atoms with van der Waals surface area (Å²) in [5.74, 6) is 0.187. The molecule has 4 unspecified atom stereocenters. The lowest BCUT2D eigenvalue weighted by Gasteiger charge is -2.54. The van der Waals surface area contributed by atoms with E-state index in [2.05, 4.69) is 32.3 Å². The number of hydrogen-bond donors (Lipinski definition) is 1. The molecule has 11 heteroatoms. The Balaban J connectivity index is 1.04. The second kappa shape index (κ2) is 9.39. The molecule has 0 radical (unpaired) electrons. The van der Waals surface area contributed by atoms with E-state index in [1.54, 1.807) is 6.34 Å². The van der Waals surface area contributed by atoms with E-state index in [0.717, 1.165) is 56.2 Å². The highest BCUT2D eigenvalue weighted by Gasteiger charge is 2.52. The smallest absolute Gasteiger partial charge is 0.254 e. The molecule has 5 aliphatic heterocycles. The number of nitriles is 2. The second-order valence-corrected chi connectivity index (χ2v) is 11.5. The zero-order valence-electron chi connectivity index (χ0n) is 21.8. The van der Waals surface area contributed by atoms with Crippen LogP contribution in [0.2, 0.25) is 0 Å². The molecule has 2 bridgehead atoms. The molecule has 1 aromatic heterocycles. The largest absolute Gasteiger partial charge is 0.350 e. The molecule has 6 heterocycles. The first-order valence-electron chi connectivity index (χ1n) is 13.7. The van der Waals surface area contributed by atoms with E-state index in [-0.39, 0.29) is 41.1 Å². The number of aromatic nitrogens is 2. The van der Waals surface area contributed by atoms with Crippen molar-refractivity contribution >= 4 is 18.1 Å². The Bertz CT molecular complexity index is 1520. The van der Waals surface area contributed by atoms with Crippen LogP contribution in [0.3, 0.4) is 0 Å². The van der Waals surface area contributed by atoms with Crippen molar-refractivity contribution in [1.29, 1.82) is 10.5 Å². The normalized spacial score (nSPS) is 29.6. The van der Waals surface area contributed by atoms with Crippen LogP contribution in [0.4, 0.5) is 4.39 Å². The van der Waals surface area contributed by atoms with E-state index in [1.807, 2.05) is 34.2 Å². The van der Waals surface area contributed by atoms with Crippen molar-refractivity contribution in [2.24, 2.45) is 15.9 Å². The zero-order valence-corrected chi connectivity index (χ0v) is 21.8. The first-order chi connectivity index (χ1) is 19.5. The first-order valence-corrected chi connectivity index (χ1v) is 13.7. The van der Waals surface area contributed by atoms with Gasteiger partial charge < -0.3 is 10.2 Å². The molecule has 0 aliphatic carbocycles. The molecular weight excluding hydrogens is 509 g/mol. The molecule has 4 atom stereocenters. The molecule has 3 saturated heterocycles. The van der Waals surface area contributed by atoms with Gasteiger partial charge in [-0.25, -0.2) is 9.38 Å². The van der Waals surface area contributed by atoms with Gasteiger partial charge in [0.25, 0.3) is 5.91 Å². The molecular formula is C29H28FN9O. The number of amides is 1. The fraction of sp³-hybridized carbons (Fsp3) is 0.448. The molecule has 40 heavy (non-hydrogen) atoms. The molecule has 5 aliphatic rings. The van der Waals surface area contributed by atoms with Crippen LogP contribution in [0, 0.1) is 34.4 Å². The van der Waals surface area contributed by atoms with Crippen LogP contribution in [-0.4, -0.2) is 68.9 Å². The number of nitrogens with one attached hydrogen (secondary N) is 1. The van der Waals surface area contributed by atoms with E-state index >= 15 is 0 Å². The van der Waals surface area contributed by atoms with Gasteiger partial charge in [-0.1, -0.05) is 6.08 Å². The Morgan fingerprint density at radius 1 is 1.15 bits per heavy atom. The molecule has 7 rings (SSSR count). The third-order valence-electron chi connectivity index (χ3n) is 9.18. The topological polar surface area (TPSA) is 126 Å². The molecule has 0 spiro atoms. The van der Waals surface area contributed by atoms with Crippen LogP contribution in [-0.2, 0) is 5.54 Å². The van der Waals surface area contributed by atoms with Crippen molar-refractivity contribution in [1.82, 2.24) is 24.9 Å². The Hall–Kier alpha value is -4.35. The third kappa shape index (κ3) is 3.92. The van der Waals surface area contributed by atoms with Crippen LogP contribution >= 0.6 is 0 Å². The van der Waals surface area contributed by atoms with Gasteiger partial charge in [0, 0.05) is 48.5 Å². The Morgan fingerprint density at radius 2 is 1.95 bits per heavy atom. The average molecular weight is 538 g/mol. The number of aliphatic imine (C=N–C) groups is 2. The van der Waals surface area contributed by atoms with Crippen molar-refractivity contribution in [3.63, 3.8) is 0 Å². The van der Waals surface area contributed by atoms with E-state index in [1.165, 1.54) is 12.1 Å². The number of piperidine rings is 1. The molecule has 10 nitrogen and oxygen atoms in total. The van der Waals surface area contributed by atoms with Crippen molar-refractivity contribution in [3.8, 4) is 12.1 Å². The lowest BCUT2D eigenvalue weighted by Crippen LogP contribution is -2.67. The molecule has 1 N–H and O–H groups in total. The number of amidine groups is 1. The summed E-state index contributed by atoms with van der Waals surface area (Å²) in [6, 6.07) is 8.55. The summed E-state index contributed by atoms with van der Waals surface area (Å²) in [5, 5.41) is 26.8. The summed E-state index contributed by atoms with van der Waals surface area (Å²) >= 11 is 0. The maximum absolute atomic E-state index is 14.0. The Morgan fingerprint density at radius 3 is 2.70 bits per heavy atom. The highest BCUT2D eigenvalue weighted by Crippen LogP contribution is 2.43. The minimum atomic E-state index is -0.568. The number of fused-ring (bicyclic) bond motifs is 3. The number of benzene rings is 1. The van der Waals surface area contributed by atoms with Crippen LogP contribution in [0.15, 0.2) is 52.9 Å². The summed E-state index contributed by atoms with van der Waals surface area (Å²) < 4.78 is 16.0. The third-order valence-corrected chi connectivity index (χ3v) is 9.18. The van der Waals surface area contributed by atoms with E-state index in [4.69, 9.17) is 5.10 Å². The lowest BCUT2D eigenvalue weighted by molar-refractivity contribution is -0.0512. The number of nitrogens with zero attached hydrogens (tertiary/aromatic N) is 8. The summed E-state index contributed by atoms with van der Waals surface area (Å²) in [7, 11) is 0. The standard InChI is InChI=1S/C29H28FN9O/c30-21-8-18(12-32)7-19(9-21)28(40)39-22-1-2-23(39)11-24(10-22)37-15-29(16-37,4-5-31)38-14-20(13-36-38)26-25-3-6-33-27(25)35-17-34-26/h3,6-9,13-14,17,22-26H,1-2,4,10-11,15-16H2,(H,33,34,35). The molecule has 1 amide bonds. The van der Waals surface area contributed by atoms with E-state index in [9.17, 15) is 19.7 Å². The number of hydrogen-bond acceptors (Lipinski definition) is 8. The van der Waals surface area contributed by atoms with E-state index in [0.29, 0.717) is 12.5 Å². The van der Waals surface area contributed by atoms with Gasteiger partial charge in [-0.15, -0.1) is 0 Å². The molecule has 0 saturated carbocycles. The van der Waals surface area contributed by atoms with Crippen molar-refractivity contribution in [2.75, 3.05) is 13.1 Å². The predicted molar refractivity (Wildman–Crippen MR) is 144 cm³/mol. The zero-order chi connectivity index (χ0) is 27.4. The van der Waals surface area contributed by atoms with Crippen molar-refractivity contribution in [2.45, 2.75) is 61.8 Å². The Labute approximate surface area is 231 Å². The summed E-state index contributed by atoms with van der Waals surface area (Å²) in [6.45, 7) is 1.45. The summed E-state index contributed by atoms with van der Waals surface area (Å²) in [4.78, 5) is 26.6. The van der Waals surface area contributed by atoms with Gasteiger partial charge in [0.15, 0.2) is 0 Å². The predicted octanol–water partition coefficient (Wildman–Crippen LogP) is 2.87.